The summed E-state index contributed by atoms with van der Waals surface area (Å²) in [6, 6.07) is 1.94. The summed E-state index contributed by atoms with van der Waals surface area (Å²) in [7, 11) is 1.85. The number of rotatable bonds is 3. The molecule has 0 fully saturated rings. The number of aryl methyl sites for hydroxylation is 2. The van der Waals surface area contributed by atoms with E-state index in [0.717, 1.165) is 17.8 Å². The van der Waals surface area contributed by atoms with E-state index in [1.54, 1.807) is 4.68 Å². The van der Waals surface area contributed by atoms with E-state index in [4.69, 9.17) is 9.52 Å². The van der Waals surface area contributed by atoms with E-state index in [1.165, 1.54) is 6.39 Å². The van der Waals surface area contributed by atoms with Crippen molar-refractivity contribution in [2.24, 2.45) is 7.05 Å². The fraction of sp³-hybridized carbons (Fsp3) is 0.400. The highest BCUT2D eigenvalue weighted by molar-refractivity contribution is 5.55. The molecule has 0 aliphatic rings. The van der Waals surface area contributed by atoms with Crippen LogP contribution in [0.3, 0.4) is 0 Å². The molecular formula is C10H13N3O2. The third kappa shape index (κ3) is 1.66. The van der Waals surface area contributed by atoms with Gasteiger partial charge >= 0.3 is 0 Å². The van der Waals surface area contributed by atoms with Crippen LogP contribution in [-0.2, 0) is 20.1 Å². The molecule has 0 aromatic carbocycles. The molecule has 5 heteroatoms. The SMILES string of the molecule is CCc1cc(-c2ocnc2CO)n(C)n1. The molecule has 80 valence electrons. The van der Waals surface area contributed by atoms with Gasteiger partial charge in [0.1, 0.15) is 11.4 Å². The highest BCUT2D eigenvalue weighted by atomic mass is 16.3. The maximum Gasteiger partial charge on any atom is 0.181 e. The van der Waals surface area contributed by atoms with Crippen molar-refractivity contribution in [2.75, 3.05) is 0 Å². The summed E-state index contributed by atoms with van der Waals surface area (Å²) >= 11 is 0. The van der Waals surface area contributed by atoms with Crippen molar-refractivity contribution in [1.29, 1.82) is 0 Å². The van der Waals surface area contributed by atoms with Gasteiger partial charge in [-0.25, -0.2) is 4.98 Å². The Hall–Kier alpha value is -1.62. The first-order chi connectivity index (χ1) is 7.26. The van der Waals surface area contributed by atoms with Crippen molar-refractivity contribution >= 4 is 0 Å². The highest BCUT2D eigenvalue weighted by Gasteiger charge is 2.14. The van der Waals surface area contributed by atoms with Crippen LogP contribution in [0.4, 0.5) is 0 Å². The fourth-order valence-corrected chi connectivity index (χ4v) is 1.50. The van der Waals surface area contributed by atoms with Crippen molar-refractivity contribution < 1.29 is 9.52 Å². The Morgan fingerprint density at radius 2 is 2.33 bits per heavy atom. The van der Waals surface area contributed by atoms with Gasteiger partial charge in [-0.3, -0.25) is 4.68 Å². The lowest BCUT2D eigenvalue weighted by atomic mass is 10.2. The molecule has 0 saturated carbocycles. The lowest BCUT2D eigenvalue weighted by Gasteiger charge is -1.98. The first-order valence-electron chi connectivity index (χ1n) is 4.82. The summed E-state index contributed by atoms with van der Waals surface area (Å²) < 4.78 is 6.98. The molecule has 0 saturated heterocycles. The number of hydrogen-bond donors (Lipinski definition) is 1. The highest BCUT2D eigenvalue weighted by Crippen LogP contribution is 2.23. The molecule has 0 aliphatic heterocycles. The minimum Gasteiger partial charge on any atom is -0.441 e. The van der Waals surface area contributed by atoms with E-state index in [9.17, 15) is 0 Å². The van der Waals surface area contributed by atoms with Crippen molar-refractivity contribution in [1.82, 2.24) is 14.8 Å². The summed E-state index contributed by atoms with van der Waals surface area (Å²) in [5.41, 5.74) is 2.38. The molecule has 0 amide bonds. The van der Waals surface area contributed by atoms with Gasteiger partial charge in [0.25, 0.3) is 0 Å². The number of hydrogen-bond acceptors (Lipinski definition) is 4. The van der Waals surface area contributed by atoms with E-state index in [2.05, 4.69) is 10.1 Å². The molecule has 0 unspecified atom stereocenters. The van der Waals surface area contributed by atoms with Crippen molar-refractivity contribution in [3.8, 4) is 11.5 Å². The van der Waals surface area contributed by atoms with Crippen molar-refractivity contribution in [3.63, 3.8) is 0 Å². The van der Waals surface area contributed by atoms with Gasteiger partial charge in [0.15, 0.2) is 12.2 Å². The van der Waals surface area contributed by atoms with Gasteiger partial charge in [-0.1, -0.05) is 6.92 Å². The second kappa shape index (κ2) is 3.86. The molecule has 0 bridgehead atoms. The van der Waals surface area contributed by atoms with Gasteiger partial charge in [0, 0.05) is 7.05 Å². The van der Waals surface area contributed by atoms with E-state index in [1.807, 2.05) is 20.0 Å². The van der Waals surface area contributed by atoms with Crippen molar-refractivity contribution in [3.05, 3.63) is 23.8 Å². The smallest absolute Gasteiger partial charge is 0.181 e. The Morgan fingerprint density at radius 1 is 1.53 bits per heavy atom. The second-order valence-corrected chi connectivity index (χ2v) is 3.28. The van der Waals surface area contributed by atoms with E-state index >= 15 is 0 Å². The zero-order valence-corrected chi connectivity index (χ0v) is 8.77. The lowest BCUT2D eigenvalue weighted by molar-refractivity contribution is 0.277. The van der Waals surface area contributed by atoms with Crippen LogP contribution in [0.15, 0.2) is 16.9 Å². The van der Waals surface area contributed by atoms with E-state index in [0.29, 0.717) is 11.5 Å². The maximum absolute atomic E-state index is 9.07. The van der Waals surface area contributed by atoms with Crippen LogP contribution in [-0.4, -0.2) is 19.9 Å². The van der Waals surface area contributed by atoms with Gasteiger partial charge in [-0.2, -0.15) is 5.10 Å². The summed E-state index contributed by atoms with van der Waals surface area (Å²) in [6.45, 7) is 1.91. The van der Waals surface area contributed by atoms with Crippen LogP contribution in [0.5, 0.6) is 0 Å². The molecule has 2 heterocycles. The number of aliphatic hydroxyl groups is 1. The molecule has 5 nitrogen and oxygen atoms in total. The predicted octanol–water partition coefficient (Wildman–Crippen LogP) is 1.13. The third-order valence-corrected chi connectivity index (χ3v) is 2.32. The minimum absolute atomic E-state index is 0.127. The summed E-state index contributed by atoms with van der Waals surface area (Å²) in [5, 5.41) is 13.4. The number of aromatic nitrogens is 3. The molecule has 0 radical (unpaired) electrons. The number of oxazole rings is 1. The standard InChI is InChI=1S/C10H13N3O2/c1-3-7-4-9(13(2)12-7)10-8(5-14)11-6-15-10/h4,6,14H,3,5H2,1-2H3. The monoisotopic (exact) mass is 207 g/mol. The zero-order valence-electron chi connectivity index (χ0n) is 8.77. The normalized spacial score (nSPS) is 10.9. The number of aliphatic hydroxyl groups excluding tert-OH is 1. The molecule has 1 N–H and O–H groups in total. The number of nitrogens with zero attached hydrogens (tertiary/aromatic N) is 3. The second-order valence-electron chi connectivity index (χ2n) is 3.28. The van der Waals surface area contributed by atoms with Gasteiger partial charge in [0.2, 0.25) is 0 Å². The van der Waals surface area contributed by atoms with E-state index in [-0.39, 0.29) is 6.61 Å². The maximum atomic E-state index is 9.07. The average molecular weight is 207 g/mol. The van der Waals surface area contributed by atoms with Crippen LogP contribution < -0.4 is 0 Å². The van der Waals surface area contributed by atoms with Crippen molar-refractivity contribution in [2.45, 2.75) is 20.0 Å². The van der Waals surface area contributed by atoms with Gasteiger partial charge in [-0.15, -0.1) is 0 Å². The Kier molecular flexibility index (Phi) is 2.55. The molecular weight excluding hydrogens is 194 g/mol. The molecule has 2 aromatic rings. The average Bonchev–Trinajstić information content (AvgIpc) is 2.82. The lowest BCUT2D eigenvalue weighted by Crippen LogP contribution is -1.96. The van der Waals surface area contributed by atoms with Gasteiger partial charge in [0.05, 0.1) is 12.3 Å². The van der Waals surface area contributed by atoms with Crippen LogP contribution in [0.2, 0.25) is 0 Å². The Labute approximate surface area is 87.4 Å². The van der Waals surface area contributed by atoms with Crippen LogP contribution in [0, 0.1) is 0 Å². The predicted molar refractivity (Wildman–Crippen MR) is 54.0 cm³/mol. The molecule has 15 heavy (non-hydrogen) atoms. The summed E-state index contributed by atoms with van der Waals surface area (Å²) in [6.07, 6.45) is 2.20. The molecule has 2 rings (SSSR count). The first kappa shape index (κ1) is 9.92. The minimum atomic E-state index is -0.127. The van der Waals surface area contributed by atoms with E-state index < -0.39 is 0 Å². The van der Waals surface area contributed by atoms with Crippen LogP contribution in [0.1, 0.15) is 18.3 Å². The third-order valence-electron chi connectivity index (χ3n) is 2.32. The van der Waals surface area contributed by atoms with Crippen LogP contribution >= 0.6 is 0 Å². The zero-order chi connectivity index (χ0) is 10.8. The van der Waals surface area contributed by atoms with Gasteiger partial charge < -0.3 is 9.52 Å². The summed E-state index contributed by atoms with van der Waals surface area (Å²) in [5.74, 6) is 0.590. The quantitative estimate of drug-likeness (QED) is 0.819. The molecule has 0 atom stereocenters. The van der Waals surface area contributed by atoms with Crippen LogP contribution in [0.25, 0.3) is 11.5 Å². The Bertz CT molecular complexity index is 459. The molecule has 0 spiro atoms. The fourth-order valence-electron chi connectivity index (χ4n) is 1.50. The van der Waals surface area contributed by atoms with Gasteiger partial charge in [-0.05, 0) is 12.5 Å². The largest absolute Gasteiger partial charge is 0.441 e. The summed E-state index contributed by atoms with van der Waals surface area (Å²) in [4.78, 5) is 3.93. The molecule has 0 aliphatic carbocycles. The first-order valence-corrected chi connectivity index (χ1v) is 4.82. The molecule has 2 aromatic heterocycles. The Balaban J connectivity index is 2.48. The Morgan fingerprint density at radius 3 is 2.93 bits per heavy atom. The topological polar surface area (TPSA) is 64.1 Å².